The van der Waals surface area contributed by atoms with Gasteiger partial charge in [-0.3, -0.25) is 4.79 Å². The number of aromatic nitrogens is 2. The Kier molecular flexibility index (Phi) is 4.95. The minimum absolute atomic E-state index is 0.289. The van der Waals surface area contributed by atoms with Crippen LogP contribution in [0.5, 0.6) is 0 Å². The molecule has 2 aromatic carbocycles. The molecule has 25 heavy (non-hydrogen) atoms. The molecule has 0 spiro atoms. The van der Waals surface area contributed by atoms with E-state index in [4.69, 9.17) is 11.6 Å². The van der Waals surface area contributed by atoms with Gasteiger partial charge in [0.25, 0.3) is 5.91 Å². The topological polar surface area (TPSA) is 66.9 Å². The first-order valence-electron chi connectivity index (χ1n) is 7.77. The lowest BCUT2D eigenvalue weighted by molar-refractivity contribution is 0.102. The first-order chi connectivity index (χ1) is 12.0. The van der Waals surface area contributed by atoms with E-state index in [1.165, 1.54) is 0 Å². The highest BCUT2D eigenvalue weighted by Gasteiger charge is 2.12. The number of aryl methyl sites for hydroxylation is 1. The number of carbonyl (C=O) groups excluding carboxylic acids is 1. The van der Waals surface area contributed by atoms with Crippen molar-refractivity contribution < 1.29 is 4.79 Å². The van der Waals surface area contributed by atoms with E-state index in [0.717, 1.165) is 11.3 Å². The third kappa shape index (κ3) is 4.14. The van der Waals surface area contributed by atoms with Crippen molar-refractivity contribution in [3.05, 3.63) is 76.6 Å². The smallest absolute Gasteiger partial charge is 0.274 e. The van der Waals surface area contributed by atoms with Gasteiger partial charge < -0.3 is 10.6 Å². The van der Waals surface area contributed by atoms with Gasteiger partial charge in [0.2, 0.25) is 5.95 Å². The second-order valence-electron chi connectivity index (χ2n) is 5.58. The summed E-state index contributed by atoms with van der Waals surface area (Å²) < 4.78 is 0. The minimum atomic E-state index is -0.289. The minimum Gasteiger partial charge on any atom is -0.324 e. The molecule has 3 aromatic rings. The van der Waals surface area contributed by atoms with E-state index in [0.29, 0.717) is 28.0 Å². The summed E-state index contributed by atoms with van der Waals surface area (Å²) in [5.74, 6) is 0.0612. The summed E-state index contributed by atoms with van der Waals surface area (Å²) in [6, 6.07) is 16.4. The predicted molar refractivity (Wildman–Crippen MR) is 101 cm³/mol. The third-order valence-electron chi connectivity index (χ3n) is 3.63. The van der Waals surface area contributed by atoms with E-state index in [1.54, 1.807) is 6.07 Å². The first-order valence-corrected chi connectivity index (χ1v) is 8.15. The number of hydrogen-bond donors (Lipinski definition) is 2. The number of amides is 1. The van der Waals surface area contributed by atoms with Crippen LogP contribution >= 0.6 is 11.6 Å². The lowest BCUT2D eigenvalue weighted by Gasteiger charge is -2.11. The summed E-state index contributed by atoms with van der Waals surface area (Å²) >= 11 is 6.14. The summed E-state index contributed by atoms with van der Waals surface area (Å²) in [6.07, 6.45) is 0. The van der Waals surface area contributed by atoms with Gasteiger partial charge in [-0.15, -0.1) is 0 Å². The molecule has 0 saturated heterocycles. The van der Waals surface area contributed by atoms with Crippen molar-refractivity contribution in [3.63, 3.8) is 0 Å². The van der Waals surface area contributed by atoms with E-state index in [-0.39, 0.29) is 5.91 Å². The summed E-state index contributed by atoms with van der Waals surface area (Å²) in [5.41, 5.74) is 3.38. The molecule has 1 heterocycles. The van der Waals surface area contributed by atoms with Crippen LogP contribution in [0.2, 0.25) is 5.02 Å². The summed E-state index contributed by atoms with van der Waals surface area (Å²) in [4.78, 5) is 21.1. The maximum Gasteiger partial charge on any atom is 0.274 e. The Morgan fingerprint density at radius 2 is 1.76 bits per heavy atom. The SMILES string of the molecule is Cc1cc(C(=O)Nc2ccccc2)nc(Nc2cccc(Cl)c2C)n1. The van der Waals surface area contributed by atoms with Gasteiger partial charge in [-0.25, -0.2) is 9.97 Å². The van der Waals surface area contributed by atoms with Gasteiger partial charge in [-0.2, -0.15) is 0 Å². The second-order valence-corrected chi connectivity index (χ2v) is 5.98. The predicted octanol–water partition coefficient (Wildman–Crippen LogP) is 4.74. The quantitative estimate of drug-likeness (QED) is 0.711. The Balaban J connectivity index is 1.85. The molecule has 0 saturated carbocycles. The van der Waals surface area contributed by atoms with Gasteiger partial charge >= 0.3 is 0 Å². The van der Waals surface area contributed by atoms with Gasteiger partial charge in [-0.1, -0.05) is 35.9 Å². The summed E-state index contributed by atoms with van der Waals surface area (Å²) in [5, 5.41) is 6.60. The molecular formula is C19H17ClN4O. The van der Waals surface area contributed by atoms with Crippen LogP contribution in [0.1, 0.15) is 21.7 Å². The molecule has 5 nitrogen and oxygen atoms in total. The Morgan fingerprint density at radius 1 is 1.00 bits per heavy atom. The number of hydrogen-bond acceptors (Lipinski definition) is 4. The molecule has 0 aliphatic rings. The number of nitrogens with one attached hydrogen (secondary N) is 2. The average Bonchev–Trinajstić information content (AvgIpc) is 2.59. The normalized spacial score (nSPS) is 10.4. The number of benzene rings is 2. The Labute approximate surface area is 151 Å². The number of anilines is 3. The van der Waals surface area contributed by atoms with E-state index < -0.39 is 0 Å². The largest absolute Gasteiger partial charge is 0.324 e. The van der Waals surface area contributed by atoms with Crippen LogP contribution in [0.4, 0.5) is 17.3 Å². The van der Waals surface area contributed by atoms with Crippen LogP contribution < -0.4 is 10.6 Å². The average molecular weight is 353 g/mol. The summed E-state index contributed by atoms with van der Waals surface area (Å²) in [7, 11) is 0. The summed E-state index contributed by atoms with van der Waals surface area (Å²) in [6.45, 7) is 3.72. The first kappa shape index (κ1) is 16.9. The number of para-hydroxylation sites is 1. The molecule has 0 radical (unpaired) electrons. The van der Waals surface area contributed by atoms with Crippen molar-refractivity contribution in [2.45, 2.75) is 13.8 Å². The van der Waals surface area contributed by atoms with E-state index in [9.17, 15) is 4.79 Å². The fraction of sp³-hybridized carbons (Fsp3) is 0.105. The molecule has 0 bridgehead atoms. The molecule has 0 atom stereocenters. The van der Waals surface area contributed by atoms with Crippen LogP contribution in [0.25, 0.3) is 0 Å². The molecule has 6 heteroatoms. The molecular weight excluding hydrogens is 336 g/mol. The zero-order valence-corrected chi connectivity index (χ0v) is 14.6. The maximum absolute atomic E-state index is 12.4. The molecule has 1 amide bonds. The molecule has 2 N–H and O–H groups in total. The highest BCUT2D eigenvalue weighted by Crippen LogP contribution is 2.25. The van der Waals surface area contributed by atoms with Crippen molar-refractivity contribution >= 4 is 34.8 Å². The Morgan fingerprint density at radius 3 is 2.52 bits per heavy atom. The third-order valence-corrected chi connectivity index (χ3v) is 4.04. The monoisotopic (exact) mass is 352 g/mol. The zero-order chi connectivity index (χ0) is 17.8. The van der Waals surface area contributed by atoms with Crippen molar-refractivity contribution in [3.8, 4) is 0 Å². The molecule has 1 aromatic heterocycles. The van der Waals surface area contributed by atoms with E-state index in [2.05, 4.69) is 20.6 Å². The van der Waals surface area contributed by atoms with Gasteiger partial charge in [0.1, 0.15) is 5.69 Å². The van der Waals surface area contributed by atoms with Gasteiger partial charge in [0.15, 0.2) is 0 Å². The van der Waals surface area contributed by atoms with Gasteiger partial charge in [-0.05, 0) is 49.7 Å². The molecule has 0 aliphatic heterocycles. The van der Waals surface area contributed by atoms with Gasteiger partial charge in [0.05, 0.1) is 0 Å². The fourth-order valence-electron chi connectivity index (χ4n) is 2.32. The highest BCUT2D eigenvalue weighted by molar-refractivity contribution is 6.31. The molecule has 3 rings (SSSR count). The lowest BCUT2D eigenvalue weighted by Crippen LogP contribution is -2.15. The van der Waals surface area contributed by atoms with Crippen molar-refractivity contribution in [1.29, 1.82) is 0 Å². The second kappa shape index (κ2) is 7.32. The van der Waals surface area contributed by atoms with Crippen molar-refractivity contribution in [2.24, 2.45) is 0 Å². The van der Waals surface area contributed by atoms with Crippen LogP contribution in [0.3, 0.4) is 0 Å². The van der Waals surface area contributed by atoms with Crippen LogP contribution in [0.15, 0.2) is 54.6 Å². The van der Waals surface area contributed by atoms with E-state index >= 15 is 0 Å². The van der Waals surface area contributed by atoms with Gasteiger partial charge in [0, 0.05) is 22.1 Å². The molecule has 0 unspecified atom stereocenters. The molecule has 126 valence electrons. The van der Waals surface area contributed by atoms with Crippen LogP contribution in [0, 0.1) is 13.8 Å². The Bertz CT molecular complexity index is 913. The fourth-order valence-corrected chi connectivity index (χ4v) is 2.50. The van der Waals surface area contributed by atoms with Crippen LogP contribution in [-0.2, 0) is 0 Å². The maximum atomic E-state index is 12.4. The zero-order valence-electron chi connectivity index (χ0n) is 13.9. The van der Waals surface area contributed by atoms with Crippen LogP contribution in [-0.4, -0.2) is 15.9 Å². The highest BCUT2D eigenvalue weighted by atomic mass is 35.5. The number of halogens is 1. The standard InChI is InChI=1S/C19H17ClN4O/c1-12-11-17(18(25)22-14-7-4-3-5-8-14)24-19(21-12)23-16-10-6-9-15(20)13(16)2/h3-11H,1-2H3,(H,22,25)(H,21,23,24). The van der Waals surface area contributed by atoms with Crippen molar-refractivity contribution in [1.82, 2.24) is 9.97 Å². The molecule has 0 aliphatic carbocycles. The number of rotatable bonds is 4. The number of carbonyl (C=O) groups is 1. The molecule has 0 fully saturated rings. The lowest BCUT2D eigenvalue weighted by atomic mass is 10.2. The Hall–Kier alpha value is -2.92. The van der Waals surface area contributed by atoms with Crippen molar-refractivity contribution in [2.75, 3.05) is 10.6 Å². The van der Waals surface area contributed by atoms with E-state index in [1.807, 2.05) is 62.4 Å². The number of nitrogens with zero attached hydrogens (tertiary/aromatic N) is 2.